The van der Waals surface area contributed by atoms with E-state index in [1.165, 1.54) is 6.07 Å². The summed E-state index contributed by atoms with van der Waals surface area (Å²) < 4.78 is 37.2. The molecule has 2 heterocycles. The number of amides is 1. The van der Waals surface area contributed by atoms with Gasteiger partial charge in [0.25, 0.3) is 11.7 Å². The molecule has 0 aliphatic rings. The quantitative estimate of drug-likeness (QED) is 0.756. The van der Waals surface area contributed by atoms with Crippen molar-refractivity contribution >= 4 is 28.4 Å². The van der Waals surface area contributed by atoms with Gasteiger partial charge < -0.3 is 5.32 Å². The van der Waals surface area contributed by atoms with Crippen LogP contribution in [0, 0.1) is 0 Å². The Balaban J connectivity index is 1.73. The second kappa shape index (κ2) is 6.08. The lowest BCUT2D eigenvalue weighted by atomic mass is 10.2. The zero-order valence-corrected chi connectivity index (χ0v) is 12.6. The molecule has 1 aromatic carbocycles. The Hall–Kier alpha value is -2.68. The Morgan fingerprint density at radius 1 is 1.21 bits per heavy atom. The number of para-hydroxylation sites is 1. The second-order valence-electron chi connectivity index (χ2n) is 4.79. The van der Waals surface area contributed by atoms with Crippen LogP contribution in [0.4, 0.5) is 13.2 Å². The molecule has 0 atom stereocenters. The zero-order chi connectivity index (χ0) is 17.3. The van der Waals surface area contributed by atoms with Crippen LogP contribution in [0.3, 0.4) is 0 Å². The van der Waals surface area contributed by atoms with E-state index in [0.717, 1.165) is 5.39 Å². The molecular weight excluding hydrogens is 347 g/mol. The van der Waals surface area contributed by atoms with Crippen molar-refractivity contribution in [3.8, 4) is 0 Å². The van der Waals surface area contributed by atoms with Gasteiger partial charge in [0.15, 0.2) is 0 Å². The fourth-order valence-corrected chi connectivity index (χ4v) is 2.22. The number of carbonyl (C=O) groups excluding carboxylic acids is 1. The first kappa shape index (κ1) is 16.2. The number of alkyl halides is 3. The molecule has 0 bridgehead atoms. The minimum atomic E-state index is -4.64. The number of aromatic amines is 1. The molecule has 6 nitrogen and oxygen atoms in total. The molecule has 2 aromatic heterocycles. The van der Waals surface area contributed by atoms with E-state index >= 15 is 0 Å². The molecule has 0 saturated heterocycles. The summed E-state index contributed by atoms with van der Waals surface area (Å²) in [4.78, 5) is 19.5. The average molecular weight is 356 g/mol. The van der Waals surface area contributed by atoms with Gasteiger partial charge in [0.2, 0.25) is 0 Å². The van der Waals surface area contributed by atoms with Crippen molar-refractivity contribution in [3.63, 3.8) is 0 Å². The molecule has 10 heteroatoms. The molecule has 24 heavy (non-hydrogen) atoms. The molecule has 0 saturated carbocycles. The van der Waals surface area contributed by atoms with E-state index in [1.54, 1.807) is 24.3 Å². The average Bonchev–Trinajstić information content (AvgIpc) is 3.02. The van der Waals surface area contributed by atoms with Gasteiger partial charge in [-0.05, 0) is 12.1 Å². The van der Waals surface area contributed by atoms with Crippen LogP contribution in [-0.2, 0) is 12.7 Å². The predicted molar refractivity (Wildman–Crippen MR) is 79.3 cm³/mol. The number of aromatic nitrogens is 4. The molecule has 124 valence electrons. The highest BCUT2D eigenvalue weighted by atomic mass is 35.5. The van der Waals surface area contributed by atoms with Crippen molar-refractivity contribution in [1.29, 1.82) is 0 Å². The summed E-state index contributed by atoms with van der Waals surface area (Å²) in [6.45, 7) is -0.246. The highest BCUT2D eigenvalue weighted by Gasteiger charge is 2.36. The van der Waals surface area contributed by atoms with Crippen LogP contribution in [0.25, 0.3) is 10.9 Å². The summed E-state index contributed by atoms with van der Waals surface area (Å²) in [5, 5.41) is 8.75. The first-order valence-corrected chi connectivity index (χ1v) is 7.04. The lowest BCUT2D eigenvalue weighted by Gasteiger charge is -2.05. The van der Waals surface area contributed by atoms with Gasteiger partial charge in [-0.1, -0.05) is 29.8 Å². The maximum absolute atomic E-state index is 12.4. The van der Waals surface area contributed by atoms with E-state index in [-0.39, 0.29) is 18.1 Å². The maximum Gasteiger partial charge on any atom is 0.453 e. The Bertz CT molecular complexity index is 909. The first-order chi connectivity index (χ1) is 11.3. The van der Waals surface area contributed by atoms with Crippen LogP contribution in [0.5, 0.6) is 0 Å². The minimum Gasteiger partial charge on any atom is -0.343 e. The Kier molecular flexibility index (Phi) is 4.10. The molecule has 0 fully saturated rings. The van der Waals surface area contributed by atoms with Crippen LogP contribution in [0.15, 0.2) is 30.3 Å². The fraction of sp³-hybridized carbons (Fsp3) is 0.143. The fourth-order valence-electron chi connectivity index (χ4n) is 1.99. The molecule has 2 N–H and O–H groups in total. The third-order valence-corrected chi connectivity index (χ3v) is 3.41. The second-order valence-corrected chi connectivity index (χ2v) is 5.20. The molecule has 3 rings (SSSR count). The van der Waals surface area contributed by atoms with Gasteiger partial charge in [-0.3, -0.25) is 9.89 Å². The van der Waals surface area contributed by atoms with Crippen molar-refractivity contribution in [2.75, 3.05) is 0 Å². The van der Waals surface area contributed by atoms with Crippen molar-refractivity contribution < 1.29 is 18.0 Å². The molecule has 0 aliphatic heterocycles. The molecule has 0 radical (unpaired) electrons. The largest absolute Gasteiger partial charge is 0.453 e. The van der Waals surface area contributed by atoms with E-state index < -0.39 is 17.9 Å². The van der Waals surface area contributed by atoms with Gasteiger partial charge in [0.05, 0.1) is 17.1 Å². The summed E-state index contributed by atoms with van der Waals surface area (Å²) in [6.07, 6.45) is -4.64. The smallest absolute Gasteiger partial charge is 0.343 e. The third kappa shape index (κ3) is 3.30. The van der Waals surface area contributed by atoms with Crippen LogP contribution in [0.2, 0.25) is 5.02 Å². The van der Waals surface area contributed by atoms with E-state index in [0.29, 0.717) is 10.5 Å². The number of pyridine rings is 1. The summed E-state index contributed by atoms with van der Waals surface area (Å²) in [6, 6.07) is 8.37. The first-order valence-electron chi connectivity index (χ1n) is 6.66. The molecule has 3 aromatic rings. The summed E-state index contributed by atoms with van der Waals surface area (Å²) in [7, 11) is 0. The molecule has 0 aliphatic carbocycles. The normalized spacial score (nSPS) is 11.7. The number of nitrogens with one attached hydrogen (secondary N) is 2. The van der Waals surface area contributed by atoms with E-state index in [2.05, 4.69) is 25.5 Å². The topological polar surface area (TPSA) is 83.6 Å². The lowest BCUT2D eigenvalue weighted by molar-refractivity contribution is -0.144. The van der Waals surface area contributed by atoms with Crippen LogP contribution in [0.1, 0.15) is 22.1 Å². The summed E-state index contributed by atoms with van der Waals surface area (Å²) in [5.41, 5.74) is 0.553. The van der Waals surface area contributed by atoms with Gasteiger partial charge in [-0.15, -0.1) is 5.10 Å². The van der Waals surface area contributed by atoms with Gasteiger partial charge >= 0.3 is 6.18 Å². The van der Waals surface area contributed by atoms with Gasteiger partial charge in [0, 0.05) is 5.39 Å². The standard InChI is InChI=1S/C14H9ClF3N5O/c15-8-3-1-2-7-4-5-9(20-11(7)8)12(24)19-6-10-21-13(23-22-10)14(16,17)18/h1-5H,6H2,(H,19,24)(H,21,22,23). The monoisotopic (exact) mass is 355 g/mol. The van der Waals surface area contributed by atoms with E-state index in [9.17, 15) is 18.0 Å². The van der Waals surface area contributed by atoms with Crippen molar-refractivity contribution in [2.45, 2.75) is 12.7 Å². The van der Waals surface area contributed by atoms with Gasteiger partial charge in [-0.25, -0.2) is 9.97 Å². The van der Waals surface area contributed by atoms with E-state index in [4.69, 9.17) is 11.6 Å². The highest BCUT2D eigenvalue weighted by molar-refractivity contribution is 6.35. The Labute approximate surface area is 138 Å². The van der Waals surface area contributed by atoms with Crippen LogP contribution >= 0.6 is 11.6 Å². The molecule has 0 spiro atoms. The Morgan fingerprint density at radius 3 is 2.71 bits per heavy atom. The summed E-state index contributed by atoms with van der Waals surface area (Å²) >= 11 is 6.03. The number of H-pyrrole nitrogens is 1. The number of fused-ring (bicyclic) bond motifs is 1. The van der Waals surface area contributed by atoms with Gasteiger partial charge in [-0.2, -0.15) is 13.2 Å². The number of hydrogen-bond donors (Lipinski definition) is 2. The van der Waals surface area contributed by atoms with Crippen molar-refractivity contribution in [3.05, 3.63) is 52.7 Å². The molecule has 0 unspecified atom stereocenters. The van der Waals surface area contributed by atoms with E-state index in [1.807, 2.05) is 0 Å². The Morgan fingerprint density at radius 2 is 2.00 bits per heavy atom. The zero-order valence-electron chi connectivity index (χ0n) is 11.9. The van der Waals surface area contributed by atoms with Crippen molar-refractivity contribution in [2.24, 2.45) is 0 Å². The maximum atomic E-state index is 12.4. The van der Waals surface area contributed by atoms with Crippen molar-refractivity contribution in [1.82, 2.24) is 25.5 Å². The number of nitrogens with zero attached hydrogens (tertiary/aromatic N) is 3. The number of hydrogen-bond acceptors (Lipinski definition) is 4. The minimum absolute atomic E-state index is 0.0890. The predicted octanol–water partition coefficient (Wildman–Crippen LogP) is 2.96. The number of rotatable bonds is 3. The highest BCUT2D eigenvalue weighted by Crippen LogP contribution is 2.25. The number of halogens is 4. The third-order valence-electron chi connectivity index (χ3n) is 3.11. The van der Waals surface area contributed by atoms with Crippen LogP contribution < -0.4 is 5.32 Å². The molecule has 1 amide bonds. The number of carbonyl (C=O) groups is 1. The van der Waals surface area contributed by atoms with Gasteiger partial charge in [0.1, 0.15) is 11.5 Å². The molecular formula is C14H9ClF3N5O. The number of benzene rings is 1. The SMILES string of the molecule is O=C(NCc1nc(C(F)(F)F)n[nH]1)c1ccc2cccc(Cl)c2n1. The van der Waals surface area contributed by atoms with Crippen LogP contribution in [-0.4, -0.2) is 26.1 Å². The lowest BCUT2D eigenvalue weighted by Crippen LogP contribution is -2.24. The summed E-state index contributed by atoms with van der Waals surface area (Å²) in [5.74, 6) is -1.97.